The monoisotopic (exact) mass is 743 g/mol. The molecule has 5 amide bonds. The number of hydrogen-bond acceptors (Lipinski definition) is 7. The van der Waals surface area contributed by atoms with Gasteiger partial charge in [-0.05, 0) is 61.1 Å². The second-order valence-electron chi connectivity index (χ2n) is 14.1. The third-order valence-electron chi connectivity index (χ3n) is 9.86. The van der Waals surface area contributed by atoms with E-state index in [0.717, 1.165) is 62.5 Å². The van der Waals surface area contributed by atoms with Crippen molar-refractivity contribution in [1.29, 1.82) is 0 Å². The molecule has 13 nitrogen and oxygen atoms in total. The fourth-order valence-corrected chi connectivity index (χ4v) is 6.97. The summed E-state index contributed by atoms with van der Waals surface area (Å²) in [6.45, 7) is 1.10. The molecule has 13 heteroatoms. The van der Waals surface area contributed by atoms with Gasteiger partial charge in [0.1, 0.15) is 12.1 Å². The van der Waals surface area contributed by atoms with E-state index in [0.29, 0.717) is 24.8 Å². The molecule has 54 heavy (non-hydrogen) atoms. The highest BCUT2D eigenvalue weighted by molar-refractivity contribution is 6.38. The van der Waals surface area contributed by atoms with Crippen LogP contribution in [0.2, 0.25) is 0 Å². The van der Waals surface area contributed by atoms with Crippen molar-refractivity contribution in [2.75, 3.05) is 6.54 Å². The number of carbonyl (C=O) groups is 7. The van der Waals surface area contributed by atoms with Gasteiger partial charge in [0.15, 0.2) is 6.04 Å². The molecular formula is C41H53N5O8. The van der Waals surface area contributed by atoms with Gasteiger partial charge in [-0.1, -0.05) is 106 Å². The Labute approximate surface area is 316 Å². The zero-order valence-electron chi connectivity index (χ0n) is 30.9. The Morgan fingerprint density at radius 1 is 0.870 bits per heavy atom. The summed E-state index contributed by atoms with van der Waals surface area (Å²) in [7, 11) is 0. The second kappa shape index (κ2) is 21.4. The Balaban J connectivity index is 1.51. The van der Waals surface area contributed by atoms with Gasteiger partial charge in [-0.15, -0.1) is 0 Å². The molecule has 4 rings (SSSR count). The Bertz CT molecular complexity index is 1660. The lowest BCUT2D eigenvalue weighted by atomic mass is 9.83. The van der Waals surface area contributed by atoms with Gasteiger partial charge in [-0.3, -0.25) is 28.8 Å². The zero-order valence-corrected chi connectivity index (χ0v) is 30.9. The van der Waals surface area contributed by atoms with Crippen molar-refractivity contribution < 1.29 is 38.7 Å². The van der Waals surface area contributed by atoms with Crippen LogP contribution in [0.15, 0.2) is 60.7 Å². The number of Topliss-reactive ketones (excluding diaryl/α,β-unsaturated/α-hetero) is 1. The Morgan fingerprint density at radius 3 is 2.33 bits per heavy atom. The van der Waals surface area contributed by atoms with Gasteiger partial charge in [0.2, 0.25) is 29.4 Å². The van der Waals surface area contributed by atoms with Crippen molar-refractivity contribution in [3.8, 4) is 0 Å². The maximum atomic E-state index is 14.0. The average Bonchev–Trinajstić information content (AvgIpc) is 3.17. The summed E-state index contributed by atoms with van der Waals surface area (Å²) < 4.78 is 0. The summed E-state index contributed by atoms with van der Waals surface area (Å²) in [5.74, 6) is -5.71. The minimum atomic E-state index is -1.37. The number of amides is 5. The first-order valence-electron chi connectivity index (χ1n) is 19.1. The number of benzene rings is 2. The number of allylic oxidation sites excluding steroid dienone is 1. The molecule has 1 aliphatic carbocycles. The van der Waals surface area contributed by atoms with Crippen molar-refractivity contribution in [3.05, 3.63) is 77.4 Å². The summed E-state index contributed by atoms with van der Waals surface area (Å²) in [4.78, 5) is 91.9. The lowest BCUT2D eigenvalue weighted by molar-refractivity contribution is -0.142. The summed E-state index contributed by atoms with van der Waals surface area (Å²) in [6.07, 6.45) is 12.8. The summed E-state index contributed by atoms with van der Waals surface area (Å²) in [5, 5.41) is 22.7. The third-order valence-corrected chi connectivity index (χ3v) is 9.86. The number of ketones is 1. The molecule has 6 N–H and O–H groups in total. The second-order valence-corrected chi connectivity index (χ2v) is 14.1. The van der Waals surface area contributed by atoms with Gasteiger partial charge in [0.05, 0.1) is 12.6 Å². The first-order valence-corrected chi connectivity index (χ1v) is 19.1. The lowest BCUT2D eigenvalue weighted by Crippen LogP contribution is -2.59. The highest BCUT2D eigenvalue weighted by atomic mass is 16.4. The summed E-state index contributed by atoms with van der Waals surface area (Å²) in [5.41, 5.74) is 2.02. The number of rotatable bonds is 12. The molecule has 0 spiro atoms. The van der Waals surface area contributed by atoms with Gasteiger partial charge >= 0.3 is 5.97 Å². The Morgan fingerprint density at radius 2 is 1.61 bits per heavy atom. The van der Waals surface area contributed by atoms with Crippen molar-refractivity contribution in [2.45, 2.75) is 115 Å². The van der Waals surface area contributed by atoms with Crippen molar-refractivity contribution in [1.82, 2.24) is 26.6 Å². The van der Waals surface area contributed by atoms with Crippen LogP contribution in [0.5, 0.6) is 0 Å². The largest absolute Gasteiger partial charge is 0.479 e. The van der Waals surface area contributed by atoms with Crippen LogP contribution < -0.4 is 26.6 Å². The average molecular weight is 744 g/mol. The summed E-state index contributed by atoms with van der Waals surface area (Å²) in [6, 6.07) is 11.0. The number of hydrogen-bond donors (Lipinski definition) is 6. The maximum absolute atomic E-state index is 14.0. The molecule has 2 aromatic rings. The molecule has 290 valence electrons. The van der Waals surface area contributed by atoms with E-state index in [1.165, 1.54) is 12.1 Å². The molecule has 1 aliphatic heterocycles. The molecule has 0 radical (unpaired) electrons. The maximum Gasteiger partial charge on any atom is 0.330 e. The molecule has 3 unspecified atom stereocenters. The number of nitrogens with one attached hydrogen (secondary N) is 5. The van der Waals surface area contributed by atoms with Gasteiger partial charge in [0.25, 0.3) is 5.91 Å². The number of aliphatic carboxylic acids is 1. The van der Waals surface area contributed by atoms with Crippen molar-refractivity contribution in [2.24, 2.45) is 5.92 Å². The van der Waals surface area contributed by atoms with Crippen LogP contribution in [-0.2, 0) is 40.0 Å². The van der Waals surface area contributed by atoms with Crippen molar-refractivity contribution >= 4 is 47.4 Å². The molecule has 0 saturated heterocycles. The molecule has 1 saturated carbocycles. The van der Waals surface area contributed by atoms with Gasteiger partial charge in [0, 0.05) is 12.8 Å². The Kier molecular flexibility index (Phi) is 16.4. The van der Waals surface area contributed by atoms with Crippen LogP contribution in [0.4, 0.5) is 0 Å². The fourth-order valence-electron chi connectivity index (χ4n) is 6.97. The van der Waals surface area contributed by atoms with E-state index in [1.807, 2.05) is 30.3 Å². The molecule has 0 aromatic heterocycles. The zero-order chi connectivity index (χ0) is 38.9. The minimum absolute atomic E-state index is 0.0795. The molecule has 2 aromatic carbocycles. The third kappa shape index (κ3) is 13.0. The Hall–Kier alpha value is -5.33. The highest BCUT2D eigenvalue weighted by Gasteiger charge is 2.35. The van der Waals surface area contributed by atoms with Crippen LogP contribution in [-0.4, -0.2) is 71.1 Å². The van der Waals surface area contributed by atoms with Gasteiger partial charge in [-0.25, -0.2) is 4.79 Å². The van der Waals surface area contributed by atoms with Crippen LogP contribution in [0.1, 0.15) is 107 Å². The number of carboxylic acid groups (broad SMARTS) is 1. The van der Waals surface area contributed by atoms with E-state index in [-0.39, 0.29) is 24.7 Å². The first-order chi connectivity index (χ1) is 26.0. The normalized spacial score (nSPS) is 20.5. The minimum Gasteiger partial charge on any atom is -0.479 e. The number of carboxylic acids is 1. The SMILES string of the molecule is CCCC(NC(=O)C1Cc2cccc(c2)/C=C\CCCCCC(=O)NC(C2CCCCC2)C(=O)N1)C(=O)C(=O)NCC(=O)N[C@H](C(=O)O)c1ccccc1. The number of carbonyl (C=O) groups excluding carboxylic acids is 6. The highest BCUT2D eigenvalue weighted by Crippen LogP contribution is 2.27. The molecule has 1 heterocycles. The summed E-state index contributed by atoms with van der Waals surface area (Å²) >= 11 is 0. The van der Waals surface area contributed by atoms with Crippen LogP contribution in [0, 0.1) is 5.92 Å². The quantitative estimate of drug-likeness (QED) is 0.177. The fraction of sp³-hybridized carbons (Fsp3) is 0.488. The molecular weight excluding hydrogens is 690 g/mol. The van der Waals surface area contributed by atoms with Gasteiger partial charge < -0.3 is 31.7 Å². The standard InChI is InChI=1S/C41H53N5O8/c1-2-15-31(37(49)40(52)42-26-34(48)46-36(41(53)54)30-21-11-7-12-22-30)43-38(50)32-25-28-18-14-17-27(24-28)16-8-4-3-5-13-23-33(47)45-35(39(51)44-32)29-19-9-6-10-20-29/h7-8,11-12,14,16-18,21-22,24,29,31-32,35-36H,2-6,9-10,13,15,19-20,23,25-26H2,1H3,(H,42,52)(H,43,50)(H,44,51)(H,45,47)(H,46,48)(H,53,54)/b16-8-/t31?,32?,35?,36-/m0/s1. The predicted octanol–water partition coefficient (Wildman–Crippen LogP) is 3.67. The van der Waals surface area contributed by atoms with E-state index in [4.69, 9.17) is 0 Å². The predicted molar refractivity (Wildman–Crippen MR) is 203 cm³/mol. The van der Waals surface area contributed by atoms with Gasteiger partial charge in [-0.2, -0.15) is 0 Å². The van der Waals surface area contributed by atoms with Crippen LogP contribution >= 0.6 is 0 Å². The van der Waals surface area contributed by atoms with E-state index >= 15 is 0 Å². The first kappa shape index (κ1) is 41.4. The molecule has 2 bridgehead atoms. The van der Waals surface area contributed by atoms with E-state index < -0.39 is 66.1 Å². The van der Waals surface area contributed by atoms with Crippen molar-refractivity contribution in [3.63, 3.8) is 0 Å². The number of fused-ring (bicyclic) bond motifs is 2. The molecule has 2 aliphatic rings. The van der Waals surface area contributed by atoms with E-state index in [1.54, 1.807) is 25.1 Å². The lowest BCUT2D eigenvalue weighted by Gasteiger charge is -2.31. The smallest absolute Gasteiger partial charge is 0.330 e. The van der Waals surface area contributed by atoms with E-state index in [2.05, 4.69) is 32.7 Å². The van der Waals surface area contributed by atoms with E-state index in [9.17, 15) is 38.7 Å². The topological polar surface area (TPSA) is 200 Å². The molecule has 1 fully saturated rings. The van der Waals surface area contributed by atoms with Crippen LogP contribution in [0.25, 0.3) is 6.08 Å². The molecule has 4 atom stereocenters. The van der Waals surface area contributed by atoms with Crippen LogP contribution in [0.3, 0.4) is 0 Å².